The monoisotopic (exact) mass is 251 g/mol. The molecule has 0 spiro atoms. The molecule has 0 saturated carbocycles. The van der Waals surface area contributed by atoms with Crippen LogP contribution in [0, 0.1) is 6.92 Å². The largest absolute Gasteiger partial charge is 0.322 e. The maximum Gasteiger partial charge on any atom is 0.248 e. The number of benzene rings is 1. The van der Waals surface area contributed by atoms with Gasteiger partial charge in [0.25, 0.3) is 0 Å². The molecule has 2 nitrogen and oxygen atoms in total. The zero-order valence-corrected chi connectivity index (χ0v) is 9.39. The third kappa shape index (κ3) is 1.60. The summed E-state index contributed by atoms with van der Waals surface area (Å²) in [5, 5.41) is 1.81. The first-order valence-electron chi connectivity index (χ1n) is 4.39. The number of aromatic nitrogens is 1. The highest BCUT2D eigenvalue weighted by Crippen LogP contribution is 2.18. The number of halogens is 1. The number of H-pyrrole nitrogens is 1. The van der Waals surface area contributed by atoms with Gasteiger partial charge in [0, 0.05) is 22.3 Å². The van der Waals surface area contributed by atoms with E-state index in [4.69, 9.17) is 0 Å². The van der Waals surface area contributed by atoms with Crippen LogP contribution in [0.15, 0.2) is 29.1 Å². The molecule has 0 atom stereocenters. The SMILES string of the molecule is Cc1ccc2c(CBr)cc(=O)[nH]c2c1. The molecule has 0 aliphatic heterocycles. The van der Waals surface area contributed by atoms with Crippen molar-refractivity contribution < 1.29 is 0 Å². The Morgan fingerprint density at radius 1 is 1.36 bits per heavy atom. The predicted octanol–water partition coefficient (Wildman–Crippen LogP) is 2.73. The van der Waals surface area contributed by atoms with Crippen molar-refractivity contribution in [1.82, 2.24) is 4.98 Å². The predicted molar refractivity (Wildman–Crippen MR) is 61.9 cm³/mol. The number of aromatic amines is 1. The molecule has 1 N–H and O–H groups in total. The first-order valence-corrected chi connectivity index (χ1v) is 5.51. The molecule has 72 valence electrons. The average molecular weight is 252 g/mol. The first kappa shape index (κ1) is 9.46. The van der Waals surface area contributed by atoms with E-state index in [1.807, 2.05) is 25.1 Å². The van der Waals surface area contributed by atoms with Crippen molar-refractivity contribution >= 4 is 26.8 Å². The lowest BCUT2D eigenvalue weighted by molar-refractivity contribution is 1.26. The maximum atomic E-state index is 11.3. The van der Waals surface area contributed by atoms with Crippen molar-refractivity contribution in [3.05, 3.63) is 45.7 Å². The molecule has 0 aliphatic carbocycles. The number of nitrogens with one attached hydrogen (secondary N) is 1. The summed E-state index contributed by atoms with van der Waals surface area (Å²) in [4.78, 5) is 14.1. The second-order valence-corrected chi connectivity index (χ2v) is 3.90. The topological polar surface area (TPSA) is 32.9 Å². The van der Waals surface area contributed by atoms with Crippen LogP contribution in [-0.2, 0) is 5.33 Å². The molecular weight excluding hydrogens is 242 g/mol. The van der Waals surface area contributed by atoms with Crippen molar-refractivity contribution in [2.75, 3.05) is 0 Å². The fraction of sp³-hybridized carbons (Fsp3) is 0.182. The van der Waals surface area contributed by atoms with Crippen molar-refractivity contribution in [3.63, 3.8) is 0 Å². The molecule has 0 amide bonds. The molecular formula is C11H10BrNO. The van der Waals surface area contributed by atoms with Crippen molar-refractivity contribution in [2.24, 2.45) is 0 Å². The summed E-state index contributed by atoms with van der Waals surface area (Å²) in [7, 11) is 0. The fourth-order valence-electron chi connectivity index (χ4n) is 1.56. The summed E-state index contributed by atoms with van der Waals surface area (Å²) in [6, 6.07) is 7.71. The normalized spacial score (nSPS) is 10.7. The Balaban J connectivity index is 2.87. The zero-order valence-electron chi connectivity index (χ0n) is 7.80. The molecule has 0 saturated heterocycles. The van der Waals surface area contributed by atoms with Gasteiger partial charge < -0.3 is 4.98 Å². The van der Waals surface area contributed by atoms with E-state index in [9.17, 15) is 4.79 Å². The lowest BCUT2D eigenvalue weighted by Crippen LogP contribution is -2.05. The molecule has 2 rings (SSSR count). The molecule has 1 aromatic heterocycles. The van der Waals surface area contributed by atoms with Crippen LogP contribution in [0.3, 0.4) is 0 Å². The van der Waals surface area contributed by atoms with Gasteiger partial charge in [-0.2, -0.15) is 0 Å². The van der Waals surface area contributed by atoms with Gasteiger partial charge in [0.1, 0.15) is 0 Å². The van der Waals surface area contributed by atoms with Gasteiger partial charge in [0.2, 0.25) is 5.56 Å². The van der Waals surface area contributed by atoms with Gasteiger partial charge in [-0.25, -0.2) is 0 Å². The second-order valence-electron chi connectivity index (χ2n) is 3.34. The maximum absolute atomic E-state index is 11.3. The molecule has 2 aromatic rings. The Morgan fingerprint density at radius 3 is 2.86 bits per heavy atom. The Kier molecular flexibility index (Phi) is 2.42. The number of rotatable bonds is 1. The van der Waals surface area contributed by atoms with Crippen LogP contribution in [0.1, 0.15) is 11.1 Å². The lowest BCUT2D eigenvalue weighted by Gasteiger charge is -2.03. The van der Waals surface area contributed by atoms with Crippen LogP contribution in [0.2, 0.25) is 0 Å². The quantitative estimate of drug-likeness (QED) is 0.777. The molecule has 0 radical (unpaired) electrons. The van der Waals surface area contributed by atoms with E-state index < -0.39 is 0 Å². The highest BCUT2D eigenvalue weighted by molar-refractivity contribution is 9.08. The molecule has 0 bridgehead atoms. The van der Waals surface area contributed by atoms with Crippen LogP contribution >= 0.6 is 15.9 Å². The van der Waals surface area contributed by atoms with Gasteiger partial charge in [0.05, 0.1) is 0 Å². The van der Waals surface area contributed by atoms with Gasteiger partial charge in [-0.15, -0.1) is 0 Å². The van der Waals surface area contributed by atoms with E-state index in [2.05, 4.69) is 20.9 Å². The van der Waals surface area contributed by atoms with Gasteiger partial charge in [-0.05, 0) is 24.1 Å². The summed E-state index contributed by atoms with van der Waals surface area (Å²) in [5.41, 5.74) is 3.05. The van der Waals surface area contributed by atoms with E-state index in [1.54, 1.807) is 6.07 Å². The lowest BCUT2D eigenvalue weighted by atomic mass is 10.1. The summed E-state index contributed by atoms with van der Waals surface area (Å²) >= 11 is 3.38. The van der Waals surface area contributed by atoms with Crippen LogP contribution in [0.25, 0.3) is 10.9 Å². The highest BCUT2D eigenvalue weighted by Gasteiger charge is 2.01. The standard InChI is InChI=1S/C11H10BrNO/c1-7-2-3-9-8(6-12)5-11(14)13-10(9)4-7/h2-5H,6H2,1H3,(H,13,14). The second kappa shape index (κ2) is 3.58. The molecule has 3 heteroatoms. The summed E-state index contributed by atoms with van der Waals surface area (Å²) < 4.78 is 0. The summed E-state index contributed by atoms with van der Waals surface area (Å²) in [6.45, 7) is 2.01. The van der Waals surface area contributed by atoms with E-state index in [0.717, 1.165) is 22.0 Å². The van der Waals surface area contributed by atoms with E-state index in [1.165, 1.54) is 0 Å². The summed E-state index contributed by atoms with van der Waals surface area (Å²) in [5.74, 6) is 0. The minimum atomic E-state index is -0.0439. The Hall–Kier alpha value is -1.09. The highest BCUT2D eigenvalue weighted by atomic mass is 79.9. The van der Waals surface area contributed by atoms with E-state index in [-0.39, 0.29) is 5.56 Å². The molecule has 0 fully saturated rings. The number of hydrogen-bond donors (Lipinski definition) is 1. The van der Waals surface area contributed by atoms with Gasteiger partial charge in [-0.3, -0.25) is 4.79 Å². The number of hydrogen-bond acceptors (Lipinski definition) is 1. The van der Waals surface area contributed by atoms with E-state index in [0.29, 0.717) is 5.33 Å². The number of pyridine rings is 1. The number of aryl methyl sites for hydroxylation is 1. The summed E-state index contributed by atoms with van der Waals surface area (Å²) in [6.07, 6.45) is 0. The van der Waals surface area contributed by atoms with Crippen LogP contribution in [-0.4, -0.2) is 4.98 Å². The Morgan fingerprint density at radius 2 is 2.14 bits per heavy atom. The number of fused-ring (bicyclic) bond motifs is 1. The zero-order chi connectivity index (χ0) is 10.1. The molecule has 1 heterocycles. The molecule has 0 unspecified atom stereocenters. The van der Waals surface area contributed by atoms with Crippen molar-refractivity contribution in [3.8, 4) is 0 Å². The first-order chi connectivity index (χ1) is 6.70. The van der Waals surface area contributed by atoms with Crippen LogP contribution in [0.4, 0.5) is 0 Å². The van der Waals surface area contributed by atoms with Crippen LogP contribution in [0.5, 0.6) is 0 Å². The van der Waals surface area contributed by atoms with E-state index >= 15 is 0 Å². The third-order valence-electron chi connectivity index (χ3n) is 2.23. The smallest absolute Gasteiger partial charge is 0.248 e. The van der Waals surface area contributed by atoms with Gasteiger partial charge in [-0.1, -0.05) is 28.1 Å². The van der Waals surface area contributed by atoms with Crippen molar-refractivity contribution in [1.29, 1.82) is 0 Å². The minimum absolute atomic E-state index is 0.0439. The van der Waals surface area contributed by atoms with Gasteiger partial charge in [0.15, 0.2) is 0 Å². The molecule has 0 aliphatic rings. The minimum Gasteiger partial charge on any atom is -0.322 e. The third-order valence-corrected chi connectivity index (χ3v) is 2.83. The fourth-order valence-corrected chi connectivity index (χ4v) is 2.02. The molecule has 1 aromatic carbocycles. The average Bonchev–Trinajstić information content (AvgIpc) is 2.15. The Bertz CT molecular complexity index is 530. The molecule has 14 heavy (non-hydrogen) atoms. The number of alkyl halides is 1. The van der Waals surface area contributed by atoms with Crippen LogP contribution < -0.4 is 5.56 Å². The Labute approximate surface area is 90.1 Å². The van der Waals surface area contributed by atoms with Gasteiger partial charge >= 0.3 is 0 Å². The van der Waals surface area contributed by atoms with Crippen molar-refractivity contribution in [2.45, 2.75) is 12.3 Å².